The largest absolute Gasteiger partial charge is 0.467 e. The van der Waals surface area contributed by atoms with Crippen molar-refractivity contribution >= 4 is 22.8 Å². The molecule has 0 amide bonds. The maximum Gasteiger partial charge on any atom is 0.269 e. The molecule has 150 valence electrons. The molecule has 0 saturated heterocycles. The molecule has 1 aromatic heterocycles. The predicted octanol–water partition coefficient (Wildman–Crippen LogP) is 5.17. The fourth-order valence-corrected chi connectivity index (χ4v) is 4.29. The highest BCUT2D eigenvalue weighted by Gasteiger charge is 2.37. The zero-order valence-electron chi connectivity index (χ0n) is 16.0. The summed E-state index contributed by atoms with van der Waals surface area (Å²) in [7, 11) is 0. The van der Waals surface area contributed by atoms with Gasteiger partial charge in [0.25, 0.3) is 5.69 Å². The Balaban J connectivity index is 1.58. The van der Waals surface area contributed by atoms with Gasteiger partial charge >= 0.3 is 0 Å². The molecule has 7 nitrogen and oxygen atoms in total. The van der Waals surface area contributed by atoms with Gasteiger partial charge in [0.15, 0.2) is 5.78 Å². The van der Waals surface area contributed by atoms with Crippen molar-refractivity contribution in [1.29, 1.82) is 0 Å². The number of hydrogen-bond acceptors (Lipinski definition) is 6. The normalized spacial score (nSPS) is 20.5. The number of nitrogens with zero attached hydrogens (tertiary/aromatic N) is 1. The number of furan rings is 1. The topological polar surface area (TPSA) is 97.4 Å². The number of fused-ring (bicyclic) bond motifs is 1. The van der Waals surface area contributed by atoms with Gasteiger partial charge in [0.05, 0.1) is 22.6 Å². The molecule has 0 radical (unpaired) electrons. The van der Waals surface area contributed by atoms with E-state index in [0.29, 0.717) is 17.8 Å². The van der Waals surface area contributed by atoms with Crippen LogP contribution in [0.2, 0.25) is 0 Å². The van der Waals surface area contributed by atoms with E-state index in [1.165, 1.54) is 6.07 Å². The zero-order chi connectivity index (χ0) is 20.7. The fourth-order valence-electron chi connectivity index (χ4n) is 4.29. The van der Waals surface area contributed by atoms with Gasteiger partial charge in [-0.1, -0.05) is 24.3 Å². The van der Waals surface area contributed by atoms with Gasteiger partial charge in [-0.15, -0.1) is 0 Å². The summed E-state index contributed by atoms with van der Waals surface area (Å²) >= 11 is 0. The van der Waals surface area contributed by atoms with Crippen LogP contribution < -0.4 is 10.6 Å². The lowest BCUT2D eigenvalue weighted by molar-refractivity contribution is -0.384. The van der Waals surface area contributed by atoms with Crippen LogP contribution in [0.5, 0.6) is 0 Å². The highest BCUT2D eigenvalue weighted by atomic mass is 16.6. The Labute approximate surface area is 172 Å². The van der Waals surface area contributed by atoms with Gasteiger partial charge in [0, 0.05) is 29.8 Å². The van der Waals surface area contributed by atoms with Crippen LogP contribution >= 0.6 is 0 Å². The number of non-ortho nitro benzene ring substituents is 1. The molecule has 2 N–H and O–H groups in total. The molecular weight excluding hydrogens is 382 g/mol. The van der Waals surface area contributed by atoms with Crippen LogP contribution in [0, 0.1) is 10.1 Å². The first-order valence-corrected chi connectivity index (χ1v) is 9.77. The molecule has 5 rings (SSSR count). The van der Waals surface area contributed by atoms with E-state index in [4.69, 9.17) is 4.42 Å². The van der Waals surface area contributed by atoms with Gasteiger partial charge in [0.2, 0.25) is 0 Å². The molecule has 0 bridgehead atoms. The van der Waals surface area contributed by atoms with Crippen molar-refractivity contribution in [2.45, 2.75) is 24.8 Å². The van der Waals surface area contributed by atoms with E-state index in [2.05, 4.69) is 10.6 Å². The second-order valence-electron chi connectivity index (χ2n) is 7.54. The molecule has 3 aromatic rings. The number of anilines is 2. The second kappa shape index (κ2) is 7.18. The molecule has 30 heavy (non-hydrogen) atoms. The summed E-state index contributed by atoms with van der Waals surface area (Å²) < 4.78 is 5.64. The molecule has 2 aliphatic rings. The Morgan fingerprint density at radius 3 is 2.60 bits per heavy atom. The third-order valence-electron chi connectivity index (χ3n) is 5.69. The van der Waals surface area contributed by atoms with Crippen molar-refractivity contribution in [3.05, 3.63) is 99.6 Å². The molecule has 1 aliphatic carbocycles. The van der Waals surface area contributed by atoms with E-state index in [9.17, 15) is 14.9 Å². The minimum Gasteiger partial charge on any atom is -0.467 e. The highest BCUT2D eigenvalue weighted by molar-refractivity contribution is 6.01. The summed E-state index contributed by atoms with van der Waals surface area (Å²) in [6, 6.07) is 17.6. The monoisotopic (exact) mass is 401 g/mol. The number of nitro groups is 1. The molecule has 2 unspecified atom stereocenters. The van der Waals surface area contributed by atoms with E-state index < -0.39 is 11.0 Å². The van der Waals surface area contributed by atoms with Gasteiger partial charge in [-0.3, -0.25) is 14.9 Å². The van der Waals surface area contributed by atoms with Crippen LogP contribution in [-0.4, -0.2) is 10.7 Å². The lowest BCUT2D eigenvalue weighted by atomic mass is 9.79. The quantitative estimate of drug-likeness (QED) is 0.464. The maximum atomic E-state index is 13.3. The van der Waals surface area contributed by atoms with Crippen molar-refractivity contribution < 1.29 is 14.1 Å². The Kier molecular flexibility index (Phi) is 4.35. The van der Waals surface area contributed by atoms with Gasteiger partial charge in [-0.05, 0) is 42.2 Å². The number of allylic oxidation sites excluding steroid dienone is 1. The number of hydrogen-bond donors (Lipinski definition) is 2. The Hall–Kier alpha value is -3.87. The van der Waals surface area contributed by atoms with E-state index in [0.717, 1.165) is 22.6 Å². The standard InChI is InChI=1S/C23H19N3O4/c27-20-13-15(14-5-3-6-16(11-14)26(28)29)12-19-22(20)23(21-9-4-10-30-21)25-18-8-2-1-7-17(18)24-19/h1-11,15,23-25H,12-13H2. The number of carbonyl (C=O) groups excluding carboxylic acids is 1. The van der Waals surface area contributed by atoms with Crippen molar-refractivity contribution in [1.82, 2.24) is 0 Å². The van der Waals surface area contributed by atoms with Crippen molar-refractivity contribution in [3.8, 4) is 0 Å². The van der Waals surface area contributed by atoms with Crippen LogP contribution in [-0.2, 0) is 4.79 Å². The Morgan fingerprint density at radius 1 is 1.00 bits per heavy atom. The number of para-hydroxylation sites is 2. The van der Waals surface area contributed by atoms with E-state index in [-0.39, 0.29) is 23.8 Å². The Bertz CT molecular complexity index is 1170. The molecule has 0 fully saturated rings. The molecule has 7 heteroatoms. The molecule has 0 spiro atoms. The van der Waals surface area contributed by atoms with Crippen LogP contribution in [0.4, 0.5) is 17.1 Å². The molecule has 2 atom stereocenters. The predicted molar refractivity (Wildman–Crippen MR) is 112 cm³/mol. The van der Waals surface area contributed by atoms with Crippen LogP contribution in [0.15, 0.2) is 82.6 Å². The van der Waals surface area contributed by atoms with Gasteiger partial charge < -0.3 is 15.1 Å². The van der Waals surface area contributed by atoms with E-state index >= 15 is 0 Å². The first kappa shape index (κ1) is 18.2. The van der Waals surface area contributed by atoms with Gasteiger partial charge in [-0.2, -0.15) is 0 Å². The number of rotatable bonds is 3. The van der Waals surface area contributed by atoms with Crippen molar-refractivity contribution in [2.75, 3.05) is 10.6 Å². The van der Waals surface area contributed by atoms with Crippen LogP contribution in [0.1, 0.15) is 36.1 Å². The van der Waals surface area contributed by atoms with E-state index in [1.54, 1.807) is 24.5 Å². The number of nitro benzene ring substituents is 1. The minimum atomic E-state index is -0.407. The molecule has 2 heterocycles. The van der Waals surface area contributed by atoms with Crippen molar-refractivity contribution in [3.63, 3.8) is 0 Å². The maximum absolute atomic E-state index is 13.3. The Morgan fingerprint density at radius 2 is 1.83 bits per heavy atom. The average Bonchev–Trinajstić information content (AvgIpc) is 3.22. The number of benzene rings is 2. The SMILES string of the molecule is O=C1CC(c2cccc([N+](=O)[O-])c2)CC2=C1C(c1ccco1)Nc1ccccc1N2. The second-order valence-corrected chi connectivity index (χ2v) is 7.54. The summed E-state index contributed by atoms with van der Waals surface area (Å²) in [6.07, 6.45) is 2.47. The molecular formula is C23H19N3O4. The summed E-state index contributed by atoms with van der Waals surface area (Å²) in [6.45, 7) is 0. The number of nitrogens with one attached hydrogen (secondary N) is 2. The summed E-state index contributed by atoms with van der Waals surface area (Å²) in [4.78, 5) is 24.1. The molecule has 1 aliphatic heterocycles. The number of Topliss-reactive ketones (excluding diaryl/α,β-unsaturated/α-hetero) is 1. The third-order valence-corrected chi connectivity index (χ3v) is 5.69. The zero-order valence-corrected chi connectivity index (χ0v) is 16.0. The van der Waals surface area contributed by atoms with Gasteiger partial charge in [0.1, 0.15) is 11.8 Å². The number of carbonyl (C=O) groups is 1. The first-order chi connectivity index (χ1) is 14.6. The van der Waals surface area contributed by atoms with E-state index in [1.807, 2.05) is 36.4 Å². The lowest BCUT2D eigenvalue weighted by Gasteiger charge is -2.28. The third kappa shape index (κ3) is 3.14. The minimum absolute atomic E-state index is 0.00182. The summed E-state index contributed by atoms with van der Waals surface area (Å²) in [5.41, 5.74) is 4.07. The van der Waals surface area contributed by atoms with Crippen molar-refractivity contribution in [2.24, 2.45) is 0 Å². The summed E-state index contributed by atoms with van der Waals surface area (Å²) in [5, 5.41) is 18.1. The first-order valence-electron chi connectivity index (χ1n) is 9.77. The molecule has 0 saturated carbocycles. The van der Waals surface area contributed by atoms with Crippen LogP contribution in [0.25, 0.3) is 0 Å². The highest BCUT2D eigenvalue weighted by Crippen LogP contribution is 2.44. The average molecular weight is 401 g/mol. The lowest BCUT2D eigenvalue weighted by Crippen LogP contribution is -2.26. The smallest absolute Gasteiger partial charge is 0.269 e. The fraction of sp³-hybridized carbons (Fsp3) is 0.174. The molecule has 2 aromatic carbocycles. The van der Waals surface area contributed by atoms with Crippen LogP contribution in [0.3, 0.4) is 0 Å². The van der Waals surface area contributed by atoms with Gasteiger partial charge in [-0.25, -0.2) is 0 Å². The summed E-state index contributed by atoms with van der Waals surface area (Å²) in [5.74, 6) is 0.538. The number of ketones is 1.